The zero-order valence-corrected chi connectivity index (χ0v) is 32.2. The molecule has 12 nitrogen and oxygen atoms in total. The molecule has 0 bridgehead atoms. The Kier molecular flexibility index (Phi) is 10.3. The number of fused-ring (bicyclic) bond motifs is 5. The van der Waals surface area contributed by atoms with Crippen molar-refractivity contribution in [2.24, 2.45) is 7.05 Å². The number of aryl methyl sites for hydroxylation is 2. The minimum absolute atomic E-state index is 0.114. The Bertz CT molecular complexity index is 2210. The predicted molar refractivity (Wildman–Crippen MR) is 205 cm³/mol. The van der Waals surface area contributed by atoms with Crippen molar-refractivity contribution in [2.75, 3.05) is 40.5 Å². The summed E-state index contributed by atoms with van der Waals surface area (Å²) in [7, 11) is 1.30. The van der Waals surface area contributed by atoms with Crippen LogP contribution in [0, 0.1) is 6.92 Å². The summed E-state index contributed by atoms with van der Waals surface area (Å²) in [4.78, 5) is 29.8. The molecule has 1 unspecified atom stereocenters. The Morgan fingerprint density at radius 3 is 2.55 bits per heavy atom. The van der Waals surface area contributed by atoms with Gasteiger partial charge in [-0.2, -0.15) is 5.10 Å². The molecule has 1 saturated heterocycles. The number of ether oxygens (including phenoxy) is 3. The molecule has 2 fully saturated rings. The zero-order valence-electron chi connectivity index (χ0n) is 31.4. The Morgan fingerprint density at radius 1 is 1.06 bits per heavy atom. The molecule has 2 aliphatic heterocycles. The molecule has 1 N–H and O–H groups in total. The summed E-state index contributed by atoms with van der Waals surface area (Å²) in [5.41, 5.74) is 8.09. The molecule has 2 amide bonds. The summed E-state index contributed by atoms with van der Waals surface area (Å²) < 4.78 is 48.7. The molecule has 1 atom stereocenters. The summed E-state index contributed by atoms with van der Waals surface area (Å²) >= 11 is 0. The highest BCUT2D eigenvalue weighted by atomic mass is 32.2. The first-order chi connectivity index (χ1) is 25.4. The lowest BCUT2D eigenvalue weighted by Gasteiger charge is -2.32. The van der Waals surface area contributed by atoms with Crippen LogP contribution in [0.25, 0.3) is 33.8 Å². The van der Waals surface area contributed by atoms with Crippen molar-refractivity contribution in [3.63, 3.8) is 0 Å². The molecule has 4 aromatic rings. The highest BCUT2D eigenvalue weighted by Crippen LogP contribution is 2.48. The fourth-order valence-electron chi connectivity index (χ4n) is 8.26. The summed E-state index contributed by atoms with van der Waals surface area (Å²) in [6, 6.07) is 11.6. The van der Waals surface area contributed by atoms with Gasteiger partial charge in [0.05, 0.1) is 60.9 Å². The van der Waals surface area contributed by atoms with Crippen molar-refractivity contribution >= 4 is 44.4 Å². The van der Waals surface area contributed by atoms with Crippen LogP contribution < -0.4 is 9.46 Å². The quantitative estimate of drug-likeness (QED) is 0.224. The molecule has 2 aromatic heterocycles. The van der Waals surface area contributed by atoms with Crippen LogP contribution in [-0.4, -0.2) is 91.4 Å². The first kappa shape index (κ1) is 36.9. The molecule has 282 valence electrons. The van der Waals surface area contributed by atoms with Gasteiger partial charge in [0.1, 0.15) is 5.75 Å². The van der Waals surface area contributed by atoms with Gasteiger partial charge in [0.25, 0.3) is 11.8 Å². The van der Waals surface area contributed by atoms with Crippen LogP contribution in [0.4, 0.5) is 0 Å². The second kappa shape index (κ2) is 14.8. The van der Waals surface area contributed by atoms with Gasteiger partial charge in [-0.15, -0.1) is 0 Å². The summed E-state index contributed by atoms with van der Waals surface area (Å²) in [5.74, 6) is 0.232. The van der Waals surface area contributed by atoms with E-state index in [2.05, 4.69) is 21.4 Å². The van der Waals surface area contributed by atoms with Crippen molar-refractivity contribution in [2.45, 2.75) is 76.7 Å². The number of morpholine rings is 1. The monoisotopic (exact) mass is 743 g/mol. The van der Waals surface area contributed by atoms with Crippen molar-refractivity contribution in [3.8, 4) is 17.0 Å². The molecule has 1 saturated carbocycles. The zero-order chi connectivity index (χ0) is 37.6. The molecule has 7 rings (SSSR count). The van der Waals surface area contributed by atoms with E-state index in [9.17, 15) is 18.0 Å². The first-order valence-corrected chi connectivity index (χ1v) is 20.0. The van der Waals surface area contributed by atoms with Crippen molar-refractivity contribution in [1.29, 1.82) is 0 Å². The maximum absolute atomic E-state index is 14.5. The number of nitrogens with one attached hydrogen (secondary N) is 1. The molecular weight excluding hydrogens is 695 g/mol. The normalized spacial score (nSPS) is 18.1. The molecular formula is C40H49N5O7S. The minimum Gasteiger partial charge on any atom is -0.497 e. The Morgan fingerprint density at radius 2 is 1.83 bits per heavy atom. The number of carbonyl (C=O) groups is 2. The van der Waals surface area contributed by atoms with Crippen LogP contribution in [0.1, 0.15) is 95.1 Å². The second-order valence-corrected chi connectivity index (χ2v) is 16.9. The van der Waals surface area contributed by atoms with Crippen molar-refractivity contribution in [1.82, 2.24) is 24.0 Å². The molecule has 1 aliphatic carbocycles. The van der Waals surface area contributed by atoms with E-state index in [1.165, 1.54) is 12.0 Å². The maximum Gasteiger partial charge on any atom is 0.264 e. The van der Waals surface area contributed by atoms with Crippen LogP contribution >= 0.6 is 0 Å². The molecule has 0 radical (unpaired) electrons. The van der Waals surface area contributed by atoms with Gasteiger partial charge < -0.3 is 23.7 Å². The molecule has 4 heterocycles. The largest absolute Gasteiger partial charge is 0.497 e. The Hall–Kier alpha value is -4.46. The van der Waals surface area contributed by atoms with Crippen molar-refractivity contribution < 1.29 is 32.2 Å². The van der Waals surface area contributed by atoms with Gasteiger partial charge in [0.2, 0.25) is 10.0 Å². The lowest BCUT2D eigenvalue weighted by molar-refractivity contribution is -0.0531. The van der Waals surface area contributed by atoms with Gasteiger partial charge in [-0.25, -0.2) is 13.1 Å². The Labute approximate surface area is 311 Å². The Balaban J connectivity index is 1.43. The SMILES string of the molecule is COCC1CN(C(=O)c2c(C)nn(C)c2C2=Cc3cc(OC)ccc3-c3c(C4CCCCC4)c4ccc(C(=O)NS(=O)(=O)C(C)C)cc4n3C2)CCO1. The molecule has 53 heavy (non-hydrogen) atoms. The summed E-state index contributed by atoms with van der Waals surface area (Å²) in [5, 5.41) is 5.06. The van der Waals surface area contributed by atoms with Crippen molar-refractivity contribution in [3.05, 3.63) is 70.0 Å². The van der Waals surface area contributed by atoms with Gasteiger partial charge in [0.15, 0.2) is 0 Å². The van der Waals surface area contributed by atoms with Gasteiger partial charge in [0, 0.05) is 49.3 Å². The number of rotatable bonds is 9. The fourth-order valence-corrected chi connectivity index (χ4v) is 8.88. The molecule has 13 heteroatoms. The molecule has 2 aromatic carbocycles. The standard InChI is InChI=1S/C40H49N5O7S/c1-24(2)53(48,49)42-39(46)27-12-14-33-34(20-27)45-21-29(37-35(25(3)41-43(37)4)40(47)44-16-17-52-31(22-44)23-50-5)18-28-19-30(51-6)13-15-32(28)38(45)36(33)26-10-8-7-9-11-26/h12-15,18-20,24,26,31H,7-11,16-17,21-23H2,1-6H3,(H,42,46). The average molecular weight is 744 g/mol. The van der Waals surface area contributed by atoms with E-state index in [-0.39, 0.29) is 17.6 Å². The number of nitrogens with zero attached hydrogens (tertiary/aromatic N) is 4. The van der Waals surface area contributed by atoms with Gasteiger partial charge in [-0.1, -0.05) is 25.3 Å². The van der Waals surface area contributed by atoms with E-state index in [0.717, 1.165) is 59.0 Å². The number of hydrogen-bond acceptors (Lipinski definition) is 8. The number of benzene rings is 2. The number of methoxy groups -OCH3 is 2. The lowest BCUT2D eigenvalue weighted by atomic mass is 9.81. The van der Waals surface area contributed by atoms with Crippen LogP contribution in [0.2, 0.25) is 0 Å². The van der Waals surface area contributed by atoms with E-state index in [0.29, 0.717) is 61.5 Å². The highest BCUT2D eigenvalue weighted by molar-refractivity contribution is 7.90. The van der Waals surface area contributed by atoms with E-state index in [1.54, 1.807) is 38.8 Å². The number of allylic oxidation sites excluding steroid dienone is 1. The topological polar surface area (TPSA) is 134 Å². The predicted octanol–water partition coefficient (Wildman–Crippen LogP) is 5.92. The van der Waals surface area contributed by atoms with E-state index < -0.39 is 21.2 Å². The highest BCUT2D eigenvalue weighted by Gasteiger charge is 2.34. The number of carbonyl (C=O) groups excluding carboxylic acids is 2. The lowest BCUT2D eigenvalue weighted by Crippen LogP contribution is -2.47. The number of hydrogen-bond donors (Lipinski definition) is 1. The van der Waals surface area contributed by atoms with Gasteiger partial charge in [-0.05, 0) is 92.6 Å². The van der Waals surface area contributed by atoms with Gasteiger partial charge in [-0.3, -0.25) is 14.3 Å². The van der Waals surface area contributed by atoms with Crippen LogP contribution in [0.5, 0.6) is 5.75 Å². The number of aromatic nitrogens is 3. The molecule has 0 spiro atoms. The van der Waals surface area contributed by atoms with E-state index in [4.69, 9.17) is 19.3 Å². The summed E-state index contributed by atoms with van der Waals surface area (Å²) in [6.45, 7) is 7.00. The van der Waals surface area contributed by atoms with E-state index >= 15 is 0 Å². The second-order valence-electron chi connectivity index (χ2n) is 14.7. The fraction of sp³-hybridized carbons (Fsp3) is 0.475. The third-order valence-electron chi connectivity index (χ3n) is 10.9. The third kappa shape index (κ3) is 6.90. The van der Waals surface area contributed by atoms with E-state index in [1.807, 2.05) is 43.1 Å². The maximum atomic E-state index is 14.5. The number of amides is 2. The average Bonchev–Trinajstić information content (AvgIpc) is 3.56. The molecule has 3 aliphatic rings. The summed E-state index contributed by atoms with van der Waals surface area (Å²) in [6.07, 6.45) is 7.48. The van der Waals surface area contributed by atoms with Crippen LogP contribution in [0.15, 0.2) is 36.4 Å². The van der Waals surface area contributed by atoms with Crippen LogP contribution in [-0.2, 0) is 33.1 Å². The third-order valence-corrected chi connectivity index (χ3v) is 12.6. The first-order valence-electron chi connectivity index (χ1n) is 18.5. The smallest absolute Gasteiger partial charge is 0.264 e. The van der Waals surface area contributed by atoms with Gasteiger partial charge >= 0.3 is 0 Å². The minimum atomic E-state index is -3.84. The number of sulfonamides is 1. The van der Waals surface area contributed by atoms with Crippen LogP contribution in [0.3, 0.4) is 0 Å².